The van der Waals surface area contributed by atoms with Gasteiger partial charge in [0.25, 0.3) is 0 Å². The topological polar surface area (TPSA) is 0 Å². The molecule has 0 spiro atoms. The fraction of sp³-hybridized carbons (Fsp3) is 0. The average molecular weight is 853 g/mol. The Morgan fingerprint density at radius 3 is 0.413 bits per heavy atom. The van der Waals surface area contributed by atoms with E-state index in [1.165, 1.54) is 62.2 Å². The highest BCUT2D eigenvalue weighted by molar-refractivity contribution is 7.23. The van der Waals surface area contributed by atoms with Gasteiger partial charge in [0.1, 0.15) is 0 Å². The molecule has 300 valence electrons. The second-order valence-corrected chi connectivity index (χ2v) is 27.8. The van der Waals surface area contributed by atoms with Crippen molar-refractivity contribution in [1.29, 1.82) is 0 Å². The first-order chi connectivity index (χ1) is 31.3. The second-order valence-electron chi connectivity index (χ2n) is 16.3. The molecule has 0 aliphatic rings. The smallest absolute Gasteiger partial charge is 0.0624 e. The van der Waals surface area contributed by atoms with Crippen LogP contribution in [0.5, 0.6) is 0 Å². The van der Waals surface area contributed by atoms with E-state index < -0.39 is 24.2 Å². The lowest BCUT2D eigenvalue weighted by Crippen LogP contribution is -2.79. The monoisotopic (exact) mass is 852 g/mol. The van der Waals surface area contributed by atoms with Crippen molar-refractivity contribution in [2.45, 2.75) is 0 Å². The van der Waals surface area contributed by atoms with Crippen molar-refractivity contribution in [3.05, 3.63) is 291 Å². The first kappa shape index (κ1) is 40.0. The van der Waals surface area contributed by atoms with Crippen molar-refractivity contribution >= 4 is 86.5 Å². The summed E-state index contributed by atoms with van der Waals surface area (Å²) in [5.41, 5.74) is 0. The minimum Gasteiger partial charge on any atom is -0.0624 e. The van der Waals surface area contributed by atoms with Crippen molar-refractivity contribution in [1.82, 2.24) is 0 Å². The van der Waals surface area contributed by atoms with E-state index in [9.17, 15) is 0 Å². The summed E-state index contributed by atoms with van der Waals surface area (Å²) in [6, 6.07) is 110. The maximum absolute atomic E-state index is 3.08. The first-order valence-electron chi connectivity index (χ1n) is 21.9. The maximum atomic E-state index is 2.63. The van der Waals surface area contributed by atoms with Gasteiger partial charge in [0.15, 0.2) is 24.2 Å². The van der Waals surface area contributed by atoms with Crippen LogP contribution in [0.1, 0.15) is 0 Å². The molecule has 0 saturated heterocycles. The molecule has 0 atom stereocenters. The summed E-state index contributed by atoms with van der Waals surface area (Å²) >= 11 is 0. The highest BCUT2D eigenvalue weighted by Gasteiger charge is 2.47. The summed E-state index contributed by atoms with van der Waals surface area (Å²) in [5.74, 6) is 0. The lowest BCUT2D eigenvalue weighted by atomic mass is 10.3. The van der Waals surface area contributed by atoms with E-state index in [1.54, 1.807) is 0 Å². The summed E-state index contributed by atoms with van der Waals surface area (Å²) in [5, 5.41) is 16.5. The molecule has 0 nitrogen and oxygen atoms in total. The molecule has 0 radical (unpaired) electrons. The van der Waals surface area contributed by atoms with E-state index >= 15 is 0 Å². The molecule has 63 heavy (non-hydrogen) atoms. The molecule has 10 rings (SSSR count). The largest absolute Gasteiger partial charge is 0.179 e. The minimum atomic E-state index is -3.08. The van der Waals surface area contributed by atoms with Crippen molar-refractivity contribution in [3.63, 3.8) is 0 Å². The fourth-order valence-corrected chi connectivity index (χ4v) is 25.2. The maximum Gasteiger partial charge on any atom is 0.179 e. The van der Waals surface area contributed by atoms with Crippen LogP contribution in [0.15, 0.2) is 291 Å². The van der Waals surface area contributed by atoms with Crippen molar-refractivity contribution in [2.24, 2.45) is 0 Å². The Bertz CT molecular complexity index is 2610. The van der Waals surface area contributed by atoms with Gasteiger partial charge in [0.2, 0.25) is 0 Å². The Labute approximate surface area is 375 Å². The van der Waals surface area contributed by atoms with Gasteiger partial charge < -0.3 is 0 Å². The van der Waals surface area contributed by atoms with Crippen LogP contribution in [-0.2, 0) is 0 Å². The van der Waals surface area contributed by atoms with Gasteiger partial charge in [-0.05, 0) is 62.2 Å². The number of benzene rings is 10. The summed E-state index contributed by atoms with van der Waals surface area (Å²) in [4.78, 5) is 0. The van der Waals surface area contributed by atoms with E-state index in [0.29, 0.717) is 0 Å². The van der Waals surface area contributed by atoms with Gasteiger partial charge in [0, 0.05) is 0 Å². The van der Waals surface area contributed by atoms with Crippen molar-refractivity contribution < 1.29 is 0 Å². The van der Waals surface area contributed by atoms with Crippen molar-refractivity contribution in [3.8, 4) is 0 Å². The van der Waals surface area contributed by atoms with Crippen LogP contribution in [0.4, 0.5) is 0 Å². The van der Waals surface area contributed by atoms with E-state index in [1.807, 2.05) is 0 Å². The van der Waals surface area contributed by atoms with Gasteiger partial charge in [-0.2, -0.15) is 0 Å². The van der Waals surface area contributed by atoms with Crippen LogP contribution in [0.3, 0.4) is 0 Å². The quantitative estimate of drug-likeness (QED) is 0.108. The zero-order chi connectivity index (χ0) is 42.4. The Hall–Kier alpha value is -7.15. The molecule has 0 saturated carbocycles. The number of rotatable bonds is 12. The predicted molar refractivity (Wildman–Crippen MR) is 277 cm³/mol. The van der Waals surface area contributed by atoms with E-state index in [4.69, 9.17) is 0 Å². The molecule has 0 unspecified atom stereocenters. The average Bonchev–Trinajstić information content (AvgIpc) is 3.38. The van der Waals surface area contributed by atoms with Crippen molar-refractivity contribution in [2.75, 3.05) is 0 Å². The van der Waals surface area contributed by atoms with Gasteiger partial charge in [-0.1, -0.05) is 291 Å². The molecule has 10 aromatic rings. The lowest BCUT2D eigenvalue weighted by Gasteiger charge is -2.39. The van der Waals surface area contributed by atoms with Crippen LogP contribution in [0.25, 0.3) is 0 Å². The van der Waals surface area contributed by atoms with E-state index in [2.05, 4.69) is 291 Å². The zero-order valence-corrected chi connectivity index (χ0v) is 38.2. The highest BCUT2D eigenvalue weighted by Crippen LogP contribution is 2.15. The third-order valence-corrected chi connectivity index (χ3v) is 27.4. The fourth-order valence-electron chi connectivity index (χ4n) is 10.5. The molecule has 0 fully saturated rings. The standard InChI is InChI=1S/C60H48Si3/c1-9-27-49(28-10-1)61(50-29-11-2-12-30-50,51-31-13-3-14-32-51)57-43-25-45-59(47-57)63(55-39-21-7-22-40-55,56-41-23-8-24-42-56)60-46-26-44-58(48-60)62(52-33-15-4-16-34-52,53-35-17-5-18-36-53)54-37-19-6-20-38-54/h1-48H. The van der Waals surface area contributed by atoms with Gasteiger partial charge >= 0.3 is 0 Å². The second kappa shape index (κ2) is 17.7. The van der Waals surface area contributed by atoms with Crippen LogP contribution in [0, 0.1) is 0 Å². The van der Waals surface area contributed by atoms with Crippen LogP contribution >= 0.6 is 0 Å². The minimum absolute atomic E-state index is 1.36. The van der Waals surface area contributed by atoms with E-state index in [0.717, 1.165) is 0 Å². The van der Waals surface area contributed by atoms with Gasteiger partial charge in [0.05, 0.1) is 0 Å². The molecule has 0 bridgehead atoms. The summed E-state index contributed by atoms with van der Waals surface area (Å²) in [6.45, 7) is 0. The molecular formula is C60H48Si3. The number of hydrogen-bond acceptors (Lipinski definition) is 0. The van der Waals surface area contributed by atoms with Gasteiger partial charge in [-0.25, -0.2) is 0 Å². The molecule has 3 heteroatoms. The third kappa shape index (κ3) is 6.91. The SMILES string of the molecule is c1ccc([Si](c2ccccc2)(c2ccccc2)c2cccc([Si](c3ccccc3)(c3ccccc3)c3cccc([Si](c4ccccc4)(c4ccccc4)c4ccccc4)c3)c2)cc1. The van der Waals surface area contributed by atoms with Gasteiger partial charge in [-0.15, -0.1) is 0 Å². The summed E-state index contributed by atoms with van der Waals surface area (Å²) in [6.07, 6.45) is 0. The normalized spacial score (nSPS) is 11.8. The number of hydrogen-bond donors (Lipinski definition) is 0. The van der Waals surface area contributed by atoms with Crippen LogP contribution in [0.2, 0.25) is 0 Å². The summed E-state index contributed by atoms with van der Waals surface area (Å²) in [7, 11) is -8.80. The third-order valence-electron chi connectivity index (χ3n) is 13.1. The zero-order valence-electron chi connectivity index (χ0n) is 35.2. The van der Waals surface area contributed by atoms with E-state index in [-0.39, 0.29) is 0 Å². The molecule has 10 aromatic carbocycles. The Morgan fingerprint density at radius 2 is 0.254 bits per heavy atom. The first-order valence-corrected chi connectivity index (χ1v) is 27.9. The summed E-state index contributed by atoms with van der Waals surface area (Å²) < 4.78 is 0. The van der Waals surface area contributed by atoms with Crippen LogP contribution in [-0.4, -0.2) is 24.2 Å². The lowest BCUT2D eigenvalue weighted by molar-refractivity contribution is 1.65. The highest BCUT2D eigenvalue weighted by atomic mass is 28.3. The van der Waals surface area contributed by atoms with Crippen LogP contribution < -0.4 is 62.2 Å². The molecule has 0 aromatic heterocycles. The molecule has 0 heterocycles. The Kier molecular flexibility index (Phi) is 11.2. The molecule has 0 aliphatic carbocycles. The molecule has 0 aliphatic heterocycles. The van der Waals surface area contributed by atoms with Gasteiger partial charge in [-0.3, -0.25) is 0 Å². The predicted octanol–water partition coefficient (Wildman–Crippen LogP) is 5.82. The molecule has 0 amide bonds. The Morgan fingerprint density at radius 1 is 0.127 bits per heavy atom. The molecular weight excluding hydrogens is 805 g/mol. The Balaban J connectivity index is 1.32. The molecule has 0 N–H and O–H groups in total.